The minimum absolute atomic E-state index is 0.131. The van der Waals surface area contributed by atoms with E-state index in [1.165, 1.54) is 6.07 Å². The molecule has 0 aliphatic rings. The second kappa shape index (κ2) is 9.65. The maximum Gasteiger partial charge on any atom is 0.269 e. The van der Waals surface area contributed by atoms with E-state index >= 15 is 0 Å². The molecule has 0 aliphatic carbocycles. The summed E-state index contributed by atoms with van der Waals surface area (Å²) in [5.41, 5.74) is 2.22. The van der Waals surface area contributed by atoms with E-state index in [1.807, 2.05) is 25.9 Å². The van der Waals surface area contributed by atoms with Crippen molar-refractivity contribution in [2.24, 2.45) is 0 Å². The smallest absolute Gasteiger partial charge is 0.269 e. The van der Waals surface area contributed by atoms with Crippen LogP contribution in [0.5, 0.6) is 5.75 Å². The number of pyridine rings is 1. The number of nitrogens with zero attached hydrogens (tertiary/aromatic N) is 4. The van der Waals surface area contributed by atoms with Crippen molar-refractivity contribution in [3.8, 4) is 5.75 Å². The van der Waals surface area contributed by atoms with Crippen LogP contribution in [0.1, 0.15) is 28.3 Å². The molecule has 0 spiro atoms. The number of benzene rings is 1. The van der Waals surface area contributed by atoms with Crippen LogP contribution < -0.4 is 10.3 Å². The molecular formula is C22H23BrF2N4O2. The van der Waals surface area contributed by atoms with Crippen molar-refractivity contribution in [2.45, 2.75) is 33.5 Å². The molecule has 0 saturated carbocycles. The lowest BCUT2D eigenvalue weighted by Gasteiger charge is -2.16. The Bertz CT molecular complexity index is 1160. The van der Waals surface area contributed by atoms with Gasteiger partial charge in [0.25, 0.3) is 5.56 Å². The second-order valence-electron chi connectivity index (χ2n) is 7.51. The second-order valence-corrected chi connectivity index (χ2v) is 8.31. The monoisotopic (exact) mass is 492 g/mol. The van der Waals surface area contributed by atoms with Gasteiger partial charge >= 0.3 is 0 Å². The summed E-state index contributed by atoms with van der Waals surface area (Å²) in [5, 5.41) is 0. The summed E-state index contributed by atoms with van der Waals surface area (Å²) >= 11 is 3.29. The van der Waals surface area contributed by atoms with Gasteiger partial charge in [0, 0.05) is 40.8 Å². The van der Waals surface area contributed by atoms with Crippen LogP contribution in [0.4, 0.5) is 8.78 Å². The third-order valence-electron chi connectivity index (χ3n) is 4.73. The van der Waals surface area contributed by atoms with Crippen LogP contribution in [-0.4, -0.2) is 33.5 Å². The molecule has 0 amide bonds. The Balaban J connectivity index is 1.82. The van der Waals surface area contributed by atoms with Gasteiger partial charge in [-0.25, -0.2) is 18.7 Å². The van der Waals surface area contributed by atoms with E-state index in [9.17, 15) is 13.6 Å². The highest BCUT2D eigenvalue weighted by Crippen LogP contribution is 2.24. The molecule has 6 nitrogen and oxygen atoms in total. The fourth-order valence-electron chi connectivity index (χ4n) is 3.04. The van der Waals surface area contributed by atoms with Crippen molar-refractivity contribution in [3.05, 3.63) is 85.3 Å². The molecule has 9 heteroatoms. The number of halogens is 3. The molecule has 2 heterocycles. The van der Waals surface area contributed by atoms with Crippen LogP contribution >= 0.6 is 15.9 Å². The average Bonchev–Trinajstić information content (AvgIpc) is 2.69. The predicted molar refractivity (Wildman–Crippen MR) is 117 cm³/mol. The third-order valence-corrected chi connectivity index (χ3v) is 5.46. The Morgan fingerprint density at radius 3 is 2.55 bits per heavy atom. The fraction of sp³-hybridized carbons (Fsp3) is 0.318. The molecule has 0 saturated heterocycles. The summed E-state index contributed by atoms with van der Waals surface area (Å²) < 4.78 is 34.4. The maximum atomic E-state index is 13.8. The number of hydrogen-bond acceptors (Lipinski definition) is 5. The van der Waals surface area contributed by atoms with Gasteiger partial charge in [0.15, 0.2) is 0 Å². The molecule has 1 aromatic carbocycles. The van der Waals surface area contributed by atoms with Gasteiger partial charge in [-0.1, -0.05) is 0 Å². The summed E-state index contributed by atoms with van der Waals surface area (Å²) in [6.45, 7) is 4.49. The summed E-state index contributed by atoms with van der Waals surface area (Å²) in [4.78, 5) is 23.8. The molecule has 0 atom stereocenters. The molecule has 0 unspecified atom stereocenters. The zero-order chi connectivity index (χ0) is 22.7. The molecule has 3 aromatic rings. The van der Waals surface area contributed by atoms with Crippen LogP contribution in [-0.2, 0) is 19.7 Å². The third kappa shape index (κ3) is 5.54. The van der Waals surface area contributed by atoms with Crippen LogP contribution in [0.25, 0.3) is 0 Å². The van der Waals surface area contributed by atoms with E-state index in [0.29, 0.717) is 24.6 Å². The van der Waals surface area contributed by atoms with Crippen molar-refractivity contribution in [2.75, 3.05) is 14.1 Å². The first kappa shape index (κ1) is 23.0. The molecular weight excluding hydrogens is 470 g/mol. The Morgan fingerprint density at radius 1 is 1.16 bits per heavy atom. The van der Waals surface area contributed by atoms with Gasteiger partial charge in [-0.2, -0.15) is 0 Å². The van der Waals surface area contributed by atoms with Crippen LogP contribution in [0.15, 0.2) is 39.7 Å². The first-order valence-electron chi connectivity index (χ1n) is 9.58. The molecule has 0 aliphatic heterocycles. The van der Waals surface area contributed by atoms with Crippen molar-refractivity contribution in [1.29, 1.82) is 0 Å². The molecule has 2 aromatic heterocycles. The summed E-state index contributed by atoms with van der Waals surface area (Å²) in [5.74, 6) is -0.352. The quantitative estimate of drug-likeness (QED) is 0.499. The minimum atomic E-state index is -0.700. The van der Waals surface area contributed by atoms with E-state index in [4.69, 9.17) is 4.74 Å². The number of hydrogen-bond donors (Lipinski definition) is 0. The molecule has 0 radical (unpaired) electrons. The van der Waals surface area contributed by atoms with E-state index in [0.717, 1.165) is 23.4 Å². The summed E-state index contributed by atoms with van der Waals surface area (Å²) in [6, 6.07) is 4.97. The van der Waals surface area contributed by atoms with E-state index in [-0.39, 0.29) is 28.0 Å². The van der Waals surface area contributed by atoms with Crippen molar-refractivity contribution >= 4 is 15.9 Å². The van der Waals surface area contributed by atoms with Crippen molar-refractivity contribution < 1.29 is 13.5 Å². The number of aryl methyl sites for hydroxylation is 2. The lowest BCUT2D eigenvalue weighted by molar-refractivity contribution is 0.295. The van der Waals surface area contributed by atoms with Crippen LogP contribution in [0, 0.1) is 25.5 Å². The van der Waals surface area contributed by atoms with Gasteiger partial charge < -0.3 is 14.2 Å². The Kier molecular flexibility index (Phi) is 7.17. The van der Waals surface area contributed by atoms with Gasteiger partial charge in [0.2, 0.25) is 0 Å². The SMILES string of the molecule is Cc1nc(CN(C)C)ncc1Cn1c(C)cc(OCc2ccc(F)cc2F)c(Br)c1=O. The van der Waals surface area contributed by atoms with E-state index in [1.54, 1.807) is 23.8 Å². The van der Waals surface area contributed by atoms with Crippen molar-refractivity contribution in [3.63, 3.8) is 0 Å². The Labute approximate surface area is 187 Å². The largest absolute Gasteiger partial charge is 0.487 e. The van der Waals surface area contributed by atoms with Gasteiger partial charge in [0.05, 0.1) is 13.1 Å². The topological polar surface area (TPSA) is 60.3 Å². The van der Waals surface area contributed by atoms with E-state index in [2.05, 4.69) is 25.9 Å². The van der Waals surface area contributed by atoms with Crippen LogP contribution in [0.3, 0.4) is 0 Å². The molecule has 0 bridgehead atoms. The highest BCUT2D eigenvalue weighted by molar-refractivity contribution is 9.10. The highest BCUT2D eigenvalue weighted by Gasteiger charge is 2.15. The average molecular weight is 493 g/mol. The fourth-order valence-corrected chi connectivity index (χ4v) is 3.48. The number of ether oxygens (including phenoxy) is 1. The number of rotatable bonds is 7. The highest BCUT2D eigenvalue weighted by atomic mass is 79.9. The molecule has 3 rings (SSSR count). The lowest BCUT2D eigenvalue weighted by Crippen LogP contribution is -2.25. The Morgan fingerprint density at radius 2 is 1.90 bits per heavy atom. The van der Waals surface area contributed by atoms with Gasteiger partial charge in [-0.15, -0.1) is 0 Å². The molecule has 31 heavy (non-hydrogen) atoms. The van der Waals surface area contributed by atoms with E-state index < -0.39 is 11.6 Å². The normalized spacial score (nSPS) is 11.2. The molecule has 0 fully saturated rings. The van der Waals surface area contributed by atoms with Crippen molar-refractivity contribution in [1.82, 2.24) is 19.4 Å². The standard InChI is InChI=1S/C22H23BrF2N4O2/c1-13-7-19(31-12-15-5-6-17(24)8-18(15)25)21(23)22(30)29(13)10-16-9-26-20(11-28(3)4)27-14(16)2/h5-9H,10-12H2,1-4H3. The van der Waals surface area contributed by atoms with Gasteiger partial charge in [-0.05, 0) is 56.0 Å². The summed E-state index contributed by atoms with van der Waals surface area (Å²) in [6.07, 6.45) is 1.74. The molecule has 0 N–H and O–H groups in total. The first-order chi connectivity index (χ1) is 14.7. The predicted octanol–water partition coefficient (Wildman–Crippen LogP) is 3.98. The zero-order valence-corrected chi connectivity index (χ0v) is 19.3. The number of aromatic nitrogens is 3. The Hall–Kier alpha value is -2.65. The van der Waals surface area contributed by atoms with Crippen LogP contribution in [0.2, 0.25) is 0 Å². The van der Waals surface area contributed by atoms with Gasteiger partial charge in [0.1, 0.15) is 34.3 Å². The maximum absolute atomic E-state index is 13.8. The summed E-state index contributed by atoms with van der Waals surface area (Å²) in [7, 11) is 3.89. The zero-order valence-electron chi connectivity index (χ0n) is 17.7. The minimum Gasteiger partial charge on any atom is -0.487 e. The first-order valence-corrected chi connectivity index (χ1v) is 10.4. The van der Waals surface area contributed by atoms with Gasteiger partial charge in [-0.3, -0.25) is 4.79 Å². The molecule has 164 valence electrons. The lowest BCUT2D eigenvalue weighted by atomic mass is 10.2.